The summed E-state index contributed by atoms with van der Waals surface area (Å²) in [7, 11) is 0. The van der Waals surface area contributed by atoms with Gasteiger partial charge in [-0.25, -0.2) is 0 Å². The fourth-order valence-corrected chi connectivity index (χ4v) is 4.12. The summed E-state index contributed by atoms with van der Waals surface area (Å²) < 4.78 is 0.383. The molecule has 0 radical (unpaired) electrons. The van der Waals surface area contributed by atoms with Crippen LogP contribution in [0.15, 0.2) is 46.7 Å². The van der Waals surface area contributed by atoms with Crippen molar-refractivity contribution in [3.8, 4) is 0 Å². The maximum Gasteiger partial charge on any atom is 0.266 e. The van der Waals surface area contributed by atoms with Gasteiger partial charge in [-0.2, -0.15) is 0 Å². The summed E-state index contributed by atoms with van der Waals surface area (Å²) in [5, 5.41) is 5.24. The van der Waals surface area contributed by atoms with Crippen LogP contribution in [-0.4, -0.2) is 27.6 Å². The van der Waals surface area contributed by atoms with Gasteiger partial charge in [0.1, 0.15) is 10.9 Å². The Hall–Kier alpha value is -1.67. The largest absolute Gasteiger partial charge is 0.325 e. The summed E-state index contributed by atoms with van der Waals surface area (Å²) in [5.74, 6) is -0.560. The molecule has 2 heterocycles. The number of thiocarbonyl (C=S) groups is 1. The van der Waals surface area contributed by atoms with Crippen molar-refractivity contribution in [3.05, 3.63) is 56.6 Å². The SMILES string of the molecule is O=C(CN1C(=O)/C(=C/c2cccs2)SC1=S)Nc1ccc(Cl)cc1. The van der Waals surface area contributed by atoms with E-state index in [1.807, 2.05) is 17.5 Å². The lowest BCUT2D eigenvalue weighted by Crippen LogP contribution is -2.36. The molecule has 8 heteroatoms. The van der Waals surface area contributed by atoms with E-state index in [-0.39, 0.29) is 18.4 Å². The lowest BCUT2D eigenvalue weighted by molar-refractivity contribution is -0.126. The Balaban J connectivity index is 1.66. The molecule has 122 valence electrons. The van der Waals surface area contributed by atoms with Crippen LogP contribution in [0.3, 0.4) is 0 Å². The molecule has 1 saturated heterocycles. The van der Waals surface area contributed by atoms with Crippen LogP contribution in [0, 0.1) is 0 Å². The quantitative estimate of drug-likeness (QED) is 0.622. The van der Waals surface area contributed by atoms with Gasteiger partial charge < -0.3 is 5.32 Å². The Bertz CT molecular complexity index is 816. The maximum absolute atomic E-state index is 12.4. The van der Waals surface area contributed by atoms with Crippen molar-refractivity contribution in [2.75, 3.05) is 11.9 Å². The average molecular weight is 395 g/mol. The van der Waals surface area contributed by atoms with E-state index in [2.05, 4.69) is 5.32 Å². The summed E-state index contributed by atoms with van der Waals surface area (Å²) in [5.41, 5.74) is 0.615. The molecule has 1 aromatic carbocycles. The number of amides is 2. The van der Waals surface area contributed by atoms with E-state index in [9.17, 15) is 9.59 Å². The number of carbonyl (C=O) groups excluding carboxylic acids is 2. The van der Waals surface area contributed by atoms with Gasteiger partial charge >= 0.3 is 0 Å². The zero-order chi connectivity index (χ0) is 17.1. The first-order valence-corrected chi connectivity index (χ1v) is 9.35. The summed E-state index contributed by atoms with van der Waals surface area (Å²) in [6.45, 7) is -0.116. The molecule has 2 aromatic rings. The Morgan fingerprint density at radius 2 is 2.04 bits per heavy atom. The van der Waals surface area contributed by atoms with Gasteiger partial charge in [-0.1, -0.05) is 41.6 Å². The smallest absolute Gasteiger partial charge is 0.266 e. The number of halogens is 1. The van der Waals surface area contributed by atoms with Crippen LogP contribution in [0.5, 0.6) is 0 Å². The molecule has 0 spiro atoms. The van der Waals surface area contributed by atoms with Gasteiger partial charge in [0.2, 0.25) is 5.91 Å². The van der Waals surface area contributed by atoms with E-state index < -0.39 is 0 Å². The molecule has 0 saturated carbocycles. The third kappa shape index (κ3) is 4.05. The lowest BCUT2D eigenvalue weighted by Gasteiger charge is -2.14. The first-order chi connectivity index (χ1) is 11.5. The fourth-order valence-electron chi connectivity index (χ4n) is 2.02. The van der Waals surface area contributed by atoms with Gasteiger partial charge in [-0.3, -0.25) is 14.5 Å². The third-order valence-corrected chi connectivity index (χ3v) is 5.57. The van der Waals surface area contributed by atoms with Crippen LogP contribution in [0.1, 0.15) is 4.88 Å². The number of hydrogen-bond acceptors (Lipinski definition) is 5. The second kappa shape index (κ2) is 7.48. The molecule has 1 aliphatic rings. The number of thioether (sulfide) groups is 1. The third-order valence-electron chi connectivity index (χ3n) is 3.12. The highest BCUT2D eigenvalue weighted by Crippen LogP contribution is 2.33. The highest BCUT2D eigenvalue weighted by Gasteiger charge is 2.33. The van der Waals surface area contributed by atoms with Gasteiger partial charge in [-0.15, -0.1) is 11.3 Å². The lowest BCUT2D eigenvalue weighted by atomic mass is 10.3. The van der Waals surface area contributed by atoms with Gasteiger partial charge in [0.25, 0.3) is 5.91 Å². The number of hydrogen-bond donors (Lipinski definition) is 1. The predicted molar refractivity (Wildman–Crippen MR) is 104 cm³/mol. The molecule has 0 aliphatic carbocycles. The molecule has 1 aliphatic heterocycles. The molecule has 2 amide bonds. The number of nitrogens with one attached hydrogen (secondary N) is 1. The number of thiophene rings is 1. The van der Waals surface area contributed by atoms with Crippen LogP contribution < -0.4 is 5.32 Å². The van der Waals surface area contributed by atoms with E-state index >= 15 is 0 Å². The molecule has 4 nitrogen and oxygen atoms in total. The van der Waals surface area contributed by atoms with Gasteiger partial charge in [-0.05, 0) is 41.8 Å². The van der Waals surface area contributed by atoms with E-state index in [0.29, 0.717) is 19.9 Å². The minimum Gasteiger partial charge on any atom is -0.325 e. The minimum atomic E-state index is -0.314. The van der Waals surface area contributed by atoms with E-state index in [1.165, 1.54) is 28.0 Å². The van der Waals surface area contributed by atoms with Crippen molar-refractivity contribution in [1.82, 2.24) is 4.90 Å². The van der Waals surface area contributed by atoms with Crippen molar-refractivity contribution in [3.63, 3.8) is 0 Å². The predicted octanol–water partition coefficient (Wildman–Crippen LogP) is 4.24. The van der Waals surface area contributed by atoms with E-state index in [1.54, 1.807) is 30.3 Å². The van der Waals surface area contributed by atoms with Crippen molar-refractivity contribution in [1.29, 1.82) is 0 Å². The summed E-state index contributed by atoms with van der Waals surface area (Å²) in [4.78, 5) is 27.4. The molecule has 1 aromatic heterocycles. The Kier molecular flexibility index (Phi) is 5.35. The second-order valence-electron chi connectivity index (χ2n) is 4.84. The van der Waals surface area contributed by atoms with Crippen LogP contribution in [0.4, 0.5) is 5.69 Å². The molecule has 0 bridgehead atoms. The number of carbonyl (C=O) groups is 2. The zero-order valence-electron chi connectivity index (χ0n) is 12.2. The maximum atomic E-state index is 12.4. The first-order valence-electron chi connectivity index (χ1n) is 6.87. The van der Waals surface area contributed by atoms with Crippen LogP contribution in [0.2, 0.25) is 5.02 Å². The van der Waals surface area contributed by atoms with Crippen molar-refractivity contribution in [2.24, 2.45) is 0 Å². The zero-order valence-corrected chi connectivity index (χ0v) is 15.4. The van der Waals surface area contributed by atoms with E-state index in [0.717, 1.165) is 4.88 Å². The normalized spacial score (nSPS) is 16.0. The molecule has 0 unspecified atom stereocenters. The number of nitrogens with zero attached hydrogens (tertiary/aromatic N) is 1. The van der Waals surface area contributed by atoms with Crippen molar-refractivity contribution >= 4 is 74.8 Å². The summed E-state index contributed by atoms with van der Waals surface area (Å²) in [6, 6.07) is 10.6. The molecular formula is C16H11ClN2O2S3. The highest BCUT2D eigenvalue weighted by molar-refractivity contribution is 8.26. The molecule has 24 heavy (non-hydrogen) atoms. The topological polar surface area (TPSA) is 49.4 Å². The monoisotopic (exact) mass is 394 g/mol. The summed E-state index contributed by atoms with van der Waals surface area (Å²) in [6.07, 6.45) is 1.79. The second-order valence-corrected chi connectivity index (χ2v) is 7.93. The number of rotatable bonds is 4. The molecule has 1 N–H and O–H groups in total. The average Bonchev–Trinajstić information content (AvgIpc) is 3.14. The van der Waals surface area contributed by atoms with Crippen molar-refractivity contribution in [2.45, 2.75) is 0 Å². The first kappa shape index (κ1) is 17.2. The number of anilines is 1. The minimum absolute atomic E-state index is 0.116. The standard InChI is InChI=1S/C16H11ClN2O2S3/c17-10-3-5-11(6-4-10)18-14(20)9-19-15(21)13(24-16(19)22)8-12-2-1-7-23-12/h1-8H,9H2,(H,18,20)/b13-8-. The molecule has 1 fully saturated rings. The Labute approximate surface area is 157 Å². The van der Waals surface area contributed by atoms with Crippen molar-refractivity contribution < 1.29 is 9.59 Å². The molecule has 0 atom stereocenters. The van der Waals surface area contributed by atoms with Crippen LogP contribution >= 0.6 is 46.9 Å². The van der Waals surface area contributed by atoms with E-state index in [4.69, 9.17) is 23.8 Å². The highest BCUT2D eigenvalue weighted by atomic mass is 35.5. The van der Waals surface area contributed by atoms with Gasteiger partial charge in [0.05, 0.1) is 4.91 Å². The number of benzene rings is 1. The van der Waals surface area contributed by atoms with Crippen LogP contribution in [-0.2, 0) is 9.59 Å². The Morgan fingerprint density at radius 1 is 1.29 bits per heavy atom. The van der Waals surface area contributed by atoms with Gasteiger partial charge in [0.15, 0.2) is 0 Å². The molecule has 3 rings (SSSR count). The van der Waals surface area contributed by atoms with Gasteiger partial charge in [0, 0.05) is 15.6 Å². The Morgan fingerprint density at radius 3 is 2.71 bits per heavy atom. The summed E-state index contributed by atoms with van der Waals surface area (Å²) >= 11 is 13.8. The fraction of sp³-hybridized carbons (Fsp3) is 0.0625. The van der Waals surface area contributed by atoms with Crippen LogP contribution in [0.25, 0.3) is 6.08 Å². The molecular weight excluding hydrogens is 384 g/mol.